The van der Waals surface area contributed by atoms with Gasteiger partial charge >= 0.3 is 0 Å². The van der Waals surface area contributed by atoms with E-state index in [4.69, 9.17) is 0 Å². The fourth-order valence-electron chi connectivity index (χ4n) is 3.60. The molecule has 2 atom stereocenters. The van der Waals surface area contributed by atoms with E-state index in [1.54, 1.807) is 27.7 Å². The van der Waals surface area contributed by atoms with Gasteiger partial charge in [0, 0.05) is 0 Å². The molecular formula is C30H54O4. The summed E-state index contributed by atoms with van der Waals surface area (Å²) in [6.07, 6.45) is 16.9. The molecule has 0 bridgehead atoms. The lowest BCUT2D eigenvalue weighted by Crippen LogP contribution is -2.35. The molecule has 0 fully saturated rings. The molecule has 0 radical (unpaired) electrons. The van der Waals surface area contributed by atoms with Crippen molar-refractivity contribution < 1.29 is 20.4 Å². The maximum atomic E-state index is 9.93. The molecule has 0 aromatic heterocycles. The summed E-state index contributed by atoms with van der Waals surface area (Å²) in [5.74, 6) is 0. The van der Waals surface area contributed by atoms with Crippen molar-refractivity contribution in [2.45, 2.75) is 143 Å². The largest absolute Gasteiger partial charge is 0.390 e. The lowest BCUT2D eigenvalue weighted by atomic mass is 9.95. The number of allylic oxidation sites excluding steroid dienone is 8. The van der Waals surface area contributed by atoms with Gasteiger partial charge in [0.25, 0.3) is 0 Å². The smallest absolute Gasteiger partial charge is 0.0849 e. The fraction of sp³-hybridized carbons (Fsp3) is 0.733. The van der Waals surface area contributed by atoms with Crippen LogP contribution in [0.5, 0.6) is 0 Å². The highest BCUT2D eigenvalue weighted by atomic mass is 16.3. The lowest BCUT2D eigenvalue weighted by molar-refractivity contribution is -0.0510. The summed E-state index contributed by atoms with van der Waals surface area (Å²) in [4.78, 5) is 0. The molecule has 0 aliphatic heterocycles. The summed E-state index contributed by atoms with van der Waals surface area (Å²) in [5, 5.41) is 39.5. The summed E-state index contributed by atoms with van der Waals surface area (Å²) in [6, 6.07) is 0. The van der Waals surface area contributed by atoms with Crippen LogP contribution in [-0.4, -0.2) is 43.8 Å². The molecule has 0 aliphatic rings. The second-order valence-electron chi connectivity index (χ2n) is 11.3. The van der Waals surface area contributed by atoms with Gasteiger partial charge in [0.1, 0.15) is 0 Å². The molecule has 0 aromatic carbocycles. The van der Waals surface area contributed by atoms with E-state index in [1.807, 2.05) is 0 Å². The SMILES string of the molecule is C/C(=C\CC/C=C(\C)CC/C=C(\C)CC[C@@H](O)C(C)(C)O)CC/C=C(\C)CC[C@@H](O)C(C)(C)O. The molecule has 0 spiro atoms. The molecule has 0 amide bonds. The Kier molecular flexibility index (Phi) is 15.9. The minimum Gasteiger partial charge on any atom is -0.390 e. The normalized spacial score (nSPS) is 16.7. The average molecular weight is 479 g/mol. The number of aliphatic hydroxyl groups excluding tert-OH is 2. The maximum Gasteiger partial charge on any atom is 0.0849 e. The molecular weight excluding hydrogens is 424 g/mol. The van der Waals surface area contributed by atoms with Crippen LogP contribution in [0.15, 0.2) is 46.6 Å². The van der Waals surface area contributed by atoms with Gasteiger partial charge in [0.2, 0.25) is 0 Å². The molecule has 4 heteroatoms. The van der Waals surface area contributed by atoms with Gasteiger partial charge in [-0.15, -0.1) is 0 Å². The van der Waals surface area contributed by atoms with Crippen LogP contribution < -0.4 is 0 Å². The van der Waals surface area contributed by atoms with Crippen LogP contribution >= 0.6 is 0 Å². The molecule has 0 rings (SSSR count). The van der Waals surface area contributed by atoms with Gasteiger partial charge in [-0.3, -0.25) is 0 Å². The summed E-state index contributed by atoms with van der Waals surface area (Å²) in [6.45, 7) is 15.2. The maximum absolute atomic E-state index is 9.93. The van der Waals surface area contributed by atoms with Crippen molar-refractivity contribution >= 4 is 0 Å². The summed E-state index contributed by atoms with van der Waals surface area (Å²) in [7, 11) is 0. The van der Waals surface area contributed by atoms with Crippen LogP contribution in [0.4, 0.5) is 0 Å². The predicted molar refractivity (Wildman–Crippen MR) is 146 cm³/mol. The fourth-order valence-corrected chi connectivity index (χ4v) is 3.60. The van der Waals surface area contributed by atoms with E-state index in [1.165, 1.54) is 22.3 Å². The standard InChI is InChI=1S/C30H54O4/c1-23(15-11-17-25(3)19-21-27(31)29(5,6)33)13-9-10-14-24(2)16-12-18-26(4)20-22-28(32)30(7,8)34/h13-14,17-18,27-28,31-34H,9-12,15-16,19-22H2,1-8H3/b23-13+,24-14+,25-17+,26-18+/t27-,28-/m1/s1. The molecule has 0 unspecified atom stereocenters. The number of unbranched alkanes of at least 4 members (excludes halogenated alkanes) is 1. The minimum atomic E-state index is -1.04. The lowest BCUT2D eigenvalue weighted by Gasteiger charge is -2.24. The number of hydrogen-bond donors (Lipinski definition) is 4. The van der Waals surface area contributed by atoms with Crippen LogP contribution in [0.3, 0.4) is 0 Å². The number of hydrogen-bond acceptors (Lipinski definition) is 4. The number of rotatable bonds is 17. The first-order valence-electron chi connectivity index (χ1n) is 13.1. The van der Waals surface area contributed by atoms with E-state index in [0.717, 1.165) is 51.4 Å². The van der Waals surface area contributed by atoms with Gasteiger partial charge in [-0.1, -0.05) is 46.6 Å². The molecule has 0 aromatic rings. The molecule has 198 valence electrons. The zero-order chi connectivity index (χ0) is 26.4. The average Bonchev–Trinajstić information content (AvgIpc) is 2.71. The molecule has 0 saturated heterocycles. The van der Waals surface area contributed by atoms with Gasteiger partial charge in [-0.25, -0.2) is 0 Å². The zero-order valence-corrected chi connectivity index (χ0v) is 23.3. The quantitative estimate of drug-likeness (QED) is 0.135. The second kappa shape index (κ2) is 16.5. The van der Waals surface area contributed by atoms with E-state index < -0.39 is 23.4 Å². The van der Waals surface area contributed by atoms with E-state index in [2.05, 4.69) is 52.0 Å². The highest BCUT2D eigenvalue weighted by Crippen LogP contribution is 2.19. The topological polar surface area (TPSA) is 80.9 Å². The molecule has 0 aliphatic carbocycles. The van der Waals surface area contributed by atoms with E-state index in [0.29, 0.717) is 12.8 Å². The van der Waals surface area contributed by atoms with Gasteiger partial charge < -0.3 is 20.4 Å². The molecule has 4 nitrogen and oxygen atoms in total. The van der Waals surface area contributed by atoms with E-state index >= 15 is 0 Å². The zero-order valence-electron chi connectivity index (χ0n) is 23.3. The van der Waals surface area contributed by atoms with Crippen LogP contribution in [0.2, 0.25) is 0 Å². The summed E-state index contributed by atoms with van der Waals surface area (Å²) >= 11 is 0. The Morgan fingerprint density at radius 2 is 0.794 bits per heavy atom. The Bertz CT molecular complexity index is 624. The van der Waals surface area contributed by atoms with Crippen molar-refractivity contribution in [2.24, 2.45) is 0 Å². The third-order valence-electron chi connectivity index (χ3n) is 6.47. The Hall–Kier alpha value is -1.20. The van der Waals surface area contributed by atoms with Gasteiger partial charge in [0.15, 0.2) is 0 Å². The highest BCUT2D eigenvalue weighted by Gasteiger charge is 2.24. The first kappa shape index (κ1) is 32.8. The van der Waals surface area contributed by atoms with Crippen LogP contribution in [0.25, 0.3) is 0 Å². The molecule has 0 saturated carbocycles. The molecule has 0 heterocycles. The monoisotopic (exact) mass is 478 g/mol. The third kappa shape index (κ3) is 17.3. The van der Waals surface area contributed by atoms with Crippen LogP contribution in [-0.2, 0) is 0 Å². The predicted octanol–water partition coefficient (Wildman–Crippen LogP) is 6.94. The van der Waals surface area contributed by atoms with Crippen LogP contribution in [0, 0.1) is 0 Å². The second-order valence-corrected chi connectivity index (χ2v) is 11.3. The first-order valence-corrected chi connectivity index (χ1v) is 13.1. The van der Waals surface area contributed by atoms with E-state index in [-0.39, 0.29) is 0 Å². The highest BCUT2D eigenvalue weighted by molar-refractivity contribution is 5.07. The number of aliphatic hydroxyl groups is 4. The Morgan fingerprint density at radius 3 is 1.09 bits per heavy atom. The Labute approximate surface area is 210 Å². The van der Waals surface area contributed by atoms with Gasteiger partial charge in [-0.2, -0.15) is 0 Å². The van der Waals surface area contributed by atoms with Crippen molar-refractivity contribution in [3.63, 3.8) is 0 Å². The van der Waals surface area contributed by atoms with Crippen molar-refractivity contribution in [3.8, 4) is 0 Å². The third-order valence-corrected chi connectivity index (χ3v) is 6.47. The van der Waals surface area contributed by atoms with Gasteiger partial charge in [0.05, 0.1) is 23.4 Å². The Morgan fingerprint density at radius 1 is 0.529 bits per heavy atom. The van der Waals surface area contributed by atoms with Crippen LogP contribution in [0.1, 0.15) is 120 Å². The molecule has 4 N–H and O–H groups in total. The van der Waals surface area contributed by atoms with Crippen molar-refractivity contribution in [2.75, 3.05) is 0 Å². The van der Waals surface area contributed by atoms with Crippen molar-refractivity contribution in [3.05, 3.63) is 46.6 Å². The first-order chi connectivity index (χ1) is 15.6. The summed E-state index contributed by atoms with van der Waals surface area (Å²) < 4.78 is 0. The van der Waals surface area contributed by atoms with Gasteiger partial charge in [-0.05, 0) is 120 Å². The Balaban J connectivity index is 4.16. The summed E-state index contributed by atoms with van der Waals surface area (Å²) in [5.41, 5.74) is 3.30. The minimum absolute atomic E-state index is 0.590. The van der Waals surface area contributed by atoms with Crippen molar-refractivity contribution in [1.82, 2.24) is 0 Å². The van der Waals surface area contributed by atoms with Crippen molar-refractivity contribution in [1.29, 1.82) is 0 Å². The van der Waals surface area contributed by atoms with E-state index in [9.17, 15) is 20.4 Å². The molecule has 34 heavy (non-hydrogen) atoms.